The highest BCUT2D eigenvalue weighted by Crippen LogP contribution is 2.26. The van der Waals surface area contributed by atoms with Gasteiger partial charge in [-0.1, -0.05) is 61.0 Å². The second kappa shape index (κ2) is 11.3. The second-order valence-electron chi connectivity index (χ2n) is 9.31. The SMILES string of the molecule is CCC1=CC=c2nc(-c3ccc(-c4ccc(OCCCC(=O)O)cc4)cc3)cc(-n3c(O)c[nH]c3=O)c2=CC1. The van der Waals surface area contributed by atoms with Gasteiger partial charge in [0.15, 0.2) is 0 Å². The molecule has 0 fully saturated rings. The lowest BCUT2D eigenvalue weighted by Crippen LogP contribution is -2.34. The summed E-state index contributed by atoms with van der Waals surface area (Å²) in [6.07, 6.45) is 9.59. The third kappa shape index (κ3) is 5.70. The molecule has 0 radical (unpaired) electrons. The number of carboxylic acid groups (broad SMARTS) is 1. The normalized spacial score (nSPS) is 12.5. The third-order valence-corrected chi connectivity index (χ3v) is 6.74. The molecular weight excluding hydrogens is 494 g/mol. The number of pyridine rings is 1. The lowest BCUT2D eigenvalue weighted by molar-refractivity contribution is -0.137. The number of hydrogen-bond donors (Lipinski definition) is 3. The van der Waals surface area contributed by atoms with Crippen LogP contribution in [0, 0.1) is 0 Å². The Morgan fingerprint density at radius 2 is 1.74 bits per heavy atom. The van der Waals surface area contributed by atoms with Gasteiger partial charge in [0.25, 0.3) is 0 Å². The molecule has 4 aromatic rings. The smallest absolute Gasteiger partial charge is 0.333 e. The molecule has 0 amide bonds. The molecule has 0 saturated carbocycles. The lowest BCUT2D eigenvalue weighted by Gasteiger charge is -2.10. The number of nitrogens with zero attached hydrogens (tertiary/aromatic N) is 2. The van der Waals surface area contributed by atoms with Crippen LogP contribution in [0.5, 0.6) is 11.6 Å². The van der Waals surface area contributed by atoms with Crippen LogP contribution in [0.15, 0.2) is 77.2 Å². The molecule has 0 aliphatic heterocycles. The highest BCUT2D eigenvalue weighted by molar-refractivity contribution is 5.70. The van der Waals surface area contributed by atoms with Gasteiger partial charge in [0.05, 0.1) is 29.5 Å². The fraction of sp³-hybridized carbons (Fsp3) is 0.194. The minimum atomic E-state index is -0.829. The first kappa shape index (κ1) is 25.8. The highest BCUT2D eigenvalue weighted by Gasteiger charge is 2.14. The van der Waals surface area contributed by atoms with Gasteiger partial charge in [-0.25, -0.2) is 14.3 Å². The Hall–Kier alpha value is -4.85. The zero-order chi connectivity index (χ0) is 27.4. The molecule has 0 bridgehead atoms. The van der Waals surface area contributed by atoms with E-state index in [0.29, 0.717) is 30.2 Å². The van der Waals surface area contributed by atoms with Crippen molar-refractivity contribution >= 4 is 18.1 Å². The van der Waals surface area contributed by atoms with Crippen LogP contribution >= 0.6 is 0 Å². The molecule has 8 nitrogen and oxygen atoms in total. The molecule has 1 aliphatic carbocycles. The number of fused-ring (bicyclic) bond motifs is 1. The van der Waals surface area contributed by atoms with Crippen LogP contribution < -0.4 is 21.0 Å². The van der Waals surface area contributed by atoms with E-state index in [1.807, 2.05) is 60.7 Å². The Labute approximate surface area is 224 Å². The standard InChI is InChI=1S/C31H29N3O5/c1-2-20-5-15-25-26(16-6-20)33-27(18-28(25)34-29(35)19-32-31(34)38)23-9-7-21(8-10-23)22-11-13-24(14-12-22)39-17-3-4-30(36)37/h6-16,18-19,35H,2-5,17H2,1H3,(H,32,38)(H,36,37). The molecule has 0 atom stereocenters. The summed E-state index contributed by atoms with van der Waals surface area (Å²) >= 11 is 0. The second-order valence-corrected chi connectivity index (χ2v) is 9.31. The monoisotopic (exact) mass is 523 g/mol. The van der Waals surface area contributed by atoms with Gasteiger partial charge in [-0.05, 0) is 54.7 Å². The summed E-state index contributed by atoms with van der Waals surface area (Å²) in [5, 5.41) is 20.7. The van der Waals surface area contributed by atoms with Crippen LogP contribution in [0.3, 0.4) is 0 Å². The Morgan fingerprint density at radius 3 is 2.38 bits per heavy atom. The minimum absolute atomic E-state index is 0.0842. The Kier molecular flexibility index (Phi) is 7.45. The van der Waals surface area contributed by atoms with Crippen molar-refractivity contribution in [2.24, 2.45) is 0 Å². The van der Waals surface area contributed by atoms with E-state index in [1.54, 1.807) is 0 Å². The first-order valence-electron chi connectivity index (χ1n) is 12.9. The Morgan fingerprint density at radius 1 is 1.05 bits per heavy atom. The van der Waals surface area contributed by atoms with Crippen LogP contribution in [0.25, 0.3) is 40.2 Å². The molecular formula is C31H29N3O5. The summed E-state index contributed by atoms with van der Waals surface area (Å²) in [6.45, 7) is 2.46. The molecule has 0 saturated heterocycles. The van der Waals surface area contributed by atoms with Crippen molar-refractivity contribution < 1.29 is 19.7 Å². The molecule has 0 spiro atoms. The number of ether oxygens (including phenoxy) is 1. The van der Waals surface area contributed by atoms with Crippen LogP contribution in [-0.2, 0) is 4.79 Å². The van der Waals surface area contributed by atoms with Crippen molar-refractivity contribution in [2.45, 2.75) is 32.6 Å². The van der Waals surface area contributed by atoms with Crippen LogP contribution in [0.2, 0.25) is 0 Å². The number of aromatic amines is 1. The van der Waals surface area contributed by atoms with Crippen LogP contribution in [-0.4, -0.2) is 37.3 Å². The molecule has 3 N–H and O–H groups in total. The zero-order valence-electron chi connectivity index (χ0n) is 21.6. The van der Waals surface area contributed by atoms with E-state index in [0.717, 1.165) is 40.1 Å². The molecule has 0 unspecified atom stereocenters. The highest BCUT2D eigenvalue weighted by atomic mass is 16.5. The number of carbonyl (C=O) groups is 1. The van der Waals surface area contributed by atoms with E-state index in [-0.39, 0.29) is 12.3 Å². The zero-order valence-corrected chi connectivity index (χ0v) is 21.6. The number of imidazole rings is 1. The van der Waals surface area contributed by atoms with E-state index in [1.165, 1.54) is 16.3 Å². The topological polar surface area (TPSA) is 117 Å². The Bertz CT molecular complexity index is 1710. The number of allylic oxidation sites excluding steroid dienone is 2. The van der Waals surface area contributed by atoms with Gasteiger partial charge in [-0.3, -0.25) is 4.79 Å². The maximum atomic E-state index is 12.6. The van der Waals surface area contributed by atoms with Crippen molar-refractivity contribution in [3.8, 4) is 39.7 Å². The number of nitrogens with one attached hydrogen (secondary N) is 1. The van der Waals surface area contributed by atoms with Crippen molar-refractivity contribution in [3.05, 3.63) is 93.5 Å². The molecule has 198 valence electrons. The van der Waals surface area contributed by atoms with Crippen molar-refractivity contribution in [3.63, 3.8) is 0 Å². The van der Waals surface area contributed by atoms with Gasteiger partial charge >= 0.3 is 11.7 Å². The fourth-order valence-electron chi connectivity index (χ4n) is 4.57. The number of benzene rings is 2. The van der Waals surface area contributed by atoms with Gasteiger partial charge in [0, 0.05) is 17.2 Å². The van der Waals surface area contributed by atoms with Gasteiger partial charge in [-0.15, -0.1) is 0 Å². The summed E-state index contributed by atoms with van der Waals surface area (Å²) in [5.41, 5.74) is 5.00. The lowest BCUT2D eigenvalue weighted by atomic mass is 10.0. The molecule has 1 aliphatic rings. The van der Waals surface area contributed by atoms with Crippen molar-refractivity contribution in [2.75, 3.05) is 6.61 Å². The van der Waals surface area contributed by atoms with E-state index >= 15 is 0 Å². The predicted octanol–water partition coefficient (Wildman–Crippen LogP) is 4.14. The number of aliphatic carboxylic acids is 1. The van der Waals surface area contributed by atoms with Crippen molar-refractivity contribution in [1.82, 2.24) is 14.5 Å². The number of rotatable bonds is 9. The fourth-order valence-corrected chi connectivity index (χ4v) is 4.57. The third-order valence-electron chi connectivity index (χ3n) is 6.74. The average molecular weight is 524 g/mol. The van der Waals surface area contributed by atoms with Gasteiger partial charge in [0.1, 0.15) is 5.75 Å². The van der Waals surface area contributed by atoms with Gasteiger partial charge in [0.2, 0.25) is 5.88 Å². The Balaban J connectivity index is 1.46. The number of carboxylic acids is 1. The largest absolute Gasteiger partial charge is 0.494 e. The average Bonchev–Trinajstić information content (AvgIpc) is 3.15. The summed E-state index contributed by atoms with van der Waals surface area (Å²) in [6, 6.07) is 17.5. The maximum Gasteiger partial charge on any atom is 0.333 e. The molecule has 2 aromatic heterocycles. The molecule has 8 heteroatoms. The molecule has 39 heavy (non-hydrogen) atoms. The van der Waals surface area contributed by atoms with E-state index in [9.17, 15) is 14.7 Å². The minimum Gasteiger partial charge on any atom is -0.494 e. The van der Waals surface area contributed by atoms with Crippen LogP contribution in [0.1, 0.15) is 32.6 Å². The summed E-state index contributed by atoms with van der Waals surface area (Å²) in [4.78, 5) is 30.7. The van der Waals surface area contributed by atoms with Crippen LogP contribution in [0.4, 0.5) is 0 Å². The van der Waals surface area contributed by atoms with E-state index < -0.39 is 11.7 Å². The summed E-state index contributed by atoms with van der Waals surface area (Å²) in [5.74, 6) is -0.297. The number of aromatic nitrogens is 3. The molecule has 2 aromatic carbocycles. The van der Waals surface area contributed by atoms with Gasteiger partial charge in [-0.2, -0.15) is 0 Å². The van der Waals surface area contributed by atoms with Crippen molar-refractivity contribution in [1.29, 1.82) is 0 Å². The quantitative estimate of drug-likeness (QED) is 0.284. The maximum absolute atomic E-state index is 12.6. The summed E-state index contributed by atoms with van der Waals surface area (Å²) in [7, 11) is 0. The first-order chi connectivity index (χ1) is 18.9. The van der Waals surface area contributed by atoms with E-state index in [4.69, 9.17) is 14.8 Å². The number of H-pyrrole nitrogens is 1. The summed E-state index contributed by atoms with van der Waals surface area (Å²) < 4.78 is 6.89. The van der Waals surface area contributed by atoms with Gasteiger partial charge < -0.3 is 19.9 Å². The molecule has 5 rings (SSSR count). The number of hydrogen-bond acceptors (Lipinski definition) is 5. The van der Waals surface area contributed by atoms with E-state index in [2.05, 4.69) is 24.1 Å². The predicted molar refractivity (Wildman–Crippen MR) is 150 cm³/mol. The first-order valence-corrected chi connectivity index (χ1v) is 12.9. The number of aromatic hydroxyl groups is 1. The molecule has 2 heterocycles.